The smallest absolute Gasteiger partial charge is 0.276 e. The molecular weight excluding hydrogens is 268 g/mol. The van der Waals surface area contributed by atoms with Crippen molar-refractivity contribution in [2.24, 2.45) is 11.7 Å². The second-order valence-corrected chi connectivity index (χ2v) is 5.29. The van der Waals surface area contributed by atoms with Gasteiger partial charge in [0.15, 0.2) is 11.5 Å². The van der Waals surface area contributed by atoms with E-state index in [1.807, 2.05) is 17.0 Å². The summed E-state index contributed by atoms with van der Waals surface area (Å²) in [5.74, 6) is 1.00. The lowest BCUT2D eigenvalue weighted by atomic mass is 9.97. The zero-order valence-corrected chi connectivity index (χ0v) is 11.7. The highest BCUT2D eigenvalue weighted by atomic mass is 16.5. The van der Waals surface area contributed by atoms with Crippen molar-refractivity contribution in [1.29, 1.82) is 0 Å². The van der Waals surface area contributed by atoms with Crippen LogP contribution in [-0.4, -0.2) is 40.6 Å². The number of hydrogen-bond acceptors (Lipinski definition) is 5. The molecule has 1 aliphatic rings. The Morgan fingerprint density at radius 2 is 2.24 bits per heavy atom. The number of carbonyl (C=O) groups is 1. The predicted molar refractivity (Wildman–Crippen MR) is 77.4 cm³/mol. The van der Waals surface area contributed by atoms with Gasteiger partial charge in [0.25, 0.3) is 5.91 Å². The average molecular weight is 286 g/mol. The molecule has 6 heteroatoms. The van der Waals surface area contributed by atoms with E-state index in [0.717, 1.165) is 31.5 Å². The minimum Gasteiger partial charge on any atom is -0.355 e. The minimum absolute atomic E-state index is 0.0793. The predicted octanol–water partition coefficient (Wildman–Crippen LogP) is 1.55. The minimum atomic E-state index is -0.0793. The Labute approximate surface area is 122 Å². The van der Waals surface area contributed by atoms with Crippen molar-refractivity contribution in [2.75, 3.05) is 19.6 Å². The van der Waals surface area contributed by atoms with Crippen LogP contribution in [0.25, 0.3) is 11.3 Å². The number of rotatable bonds is 3. The van der Waals surface area contributed by atoms with Crippen LogP contribution in [0.2, 0.25) is 0 Å². The van der Waals surface area contributed by atoms with E-state index >= 15 is 0 Å². The van der Waals surface area contributed by atoms with Crippen molar-refractivity contribution in [2.45, 2.75) is 12.8 Å². The van der Waals surface area contributed by atoms with Gasteiger partial charge in [0.05, 0.1) is 0 Å². The number of hydrogen-bond donors (Lipinski definition) is 1. The molecule has 1 amide bonds. The quantitative estimate of drug-likeness (QED) is 0.925. The number of pyridine rings is 1. The van der Waals surface area contributed by atoms with Crippen molar-refractivity contribution < 1.29 is 9.32 Å². The maximum absolute atomic E-state index is 12.4. The number of nitrogens with two attached hydrogens (primary N) is 1. The van der Waals surface area contributed by atoms with E-state index in [1.54, 1.807) is 18.5 Å². The fourth-order valence-corrected chi connectivity index (χ4v) is 2.55. The molecule has 2 aromatic rings. The molecule has 1 saturated heterocycles. The van der Waals surface area contributed by atoms with E-state index in [0.29, 0.717) is 23.9 Å². The second kappa shape index (κ2) is 6.05. The summed E-state index contributed by atoms with van der Waals surface area (Å²) in [5.41, 5.74) is 6.83. The van der Waals surface area contributed by atoms with Gasteiger partial charge in [-0.15, -0.1) is 0 Å². The maximum atomic E-state index is 12.4. The van der Waals surface area contributed by atoms with E-state index < -0.39 is 0 Å². The molecule has 0 aliphatic carbocycles. The van der Waals surface area contributed by atoms with Gasteiger partial charge in [0.2, 0.25) is 0 Å². The number of aromatic nitrogens is 2. The SMILES string of the molecule is NCC1CCN(C(=O)c2cc(-c3cccnc3)on2)CC1. The highest BCUT2D eigenvalue weighted by Crippen LogP contribution is 2.22. The van der Waals surface area contributed by atoms with Gasteiger partial charge >= 0.3 is 0 Å². The lowest BCUT2D eigenvalue weighted by Gasteiger charge is -2.30. The zero-order valence-electron chi connectivity index (χ0n) is 11.7. The van der Waals surface area contributed by atoms with Crippen molar-refractivity contribution in [3.63, 3.8) is 0 Å². The number of amides is 1. The molecule has 3 rings (SSSR count). The van der Waals surface area contributed by atoms with Crippen LogP contribution in [0.1, 0.15) is 23.3 Å². The summed E-state index contributed by atoms with van der Waals surface area (Å²) in [6, 6.07) is 5.36. The fourth-order valence-electron chi connectivity index (χ4n) is 2.55. The third kappa shape index (κ3) is 2.95. The standard InChI is InChI=1S/C15H18N4O2/c16-9-11-3-6-19(7-4-11)15(20)13-8-14(21-18-13)12-2-1-5-17-10-12/h1-2,5,8,10-11H,3-4,6-7,9,16H2. The van der Waals surface area contributed by atoms with Gasteiger partial charge in [0, 0.05) is 37.1 Å². The molecule has 2 N–H and O–H groups in total. The number of likely N-dealkylation sites (tertiary alicyclic amines) is 1. The Kier molecular flexibility index (Phi) is 3.96. The normalized spacial score (nSPS) is 16.1. The molecule has 0 atom stereocenters. The first-order valence-corrected chi connectivity index (χ1v) is 7.14. The molecule has 2 aromatic heterocycles. The molecule has 0 radical (unpaired) electrons. The molecule has 110 valence electrons. The molecule has 0 spiro atoms. The number of piperidine rings is 1. The van der Waals surface area contributed by atoms with Gasteiger partial charge in [0.1, 0.15) is 0 Å². The first-order chi connectivity index (χ1) is 10.3. The largest absolute Gasteiger partial charge is 0.355 e. The maximum Gasteiger partial charge on any atom is 0.276 e. The van der Waals surface area contributed by atoms with Crippen molar-refractivity contribution >= 4 is 5.91 Å². The van der Waals surface area contributed by atoms with Crippen molar-refractivity contribution in [3.8, 4) is 11.3 Å². The Morgan fingerprint density at radius 3 is 2.90 bits per heavy atom. The van der Waals surface area contributed by atoms with Gasteiger partial charge in [-0.2, -0.15) is 0 Å². The molecule has 0 saturated carbocycles. The van der Waals surface area contributed by atoms with Gasteiger partial charge in [-0.25, -0.2) is 0 Å². The van der Waals surface area contributed by atoms with Crippen LogP contribution >= 0.6 is 0 Å². The van der Waals surface area contributed by atoms with Crippen LogP contribution in [0, 0.1) is 5.92 Å². The summed E-state index contributed by atoms with van der Waals surface area (Å²) in [7, 11) is 0. The molecule has 21 heavy (non-hydrogen) atoms. The molecule has 1 aliphatic heterocycles. The molecule has 0 bridgehead atoms. The fraction of sp³-hybridized carbons (Fsp3) is 0.400. The molecule has 6 nitrogen and oxygen atoms in total. The van der Waals surface area contributed by atoms with Gasteiger partial charge < -0.3 is 15.2 Å². The Bertz CT molecular complexity index is 603. The third-order valence-corrected chi connectivity index (χ3v) is 3.91. The lowest BCUT2D eigenvalue weighted by Crippen LogP contribution is -2.40. The van der Waals surface area contributed by atoms with E-state index in [-0.39, 0.29) is 5.91 Å². The Hall–Kier alpha value is -2.21. The highest BCUT2D eigenvalue weighted by molar-refractivity contribution is 5.93. The van der Waals surface area contributed by atoms with Crippen LogP contribution in [0.3, 0.4) is 0 Å². The van der Waals surface area contributed by atoms with Gasteiger partial charge in [-0.1, -0.05) is 5.16 Å². The summed E-state index contributed by atoms with van der Waals surface area (Å²) in [6.45, 7) is 2.16. The topological polar surface area (TPSA) is 85.2 Å². The van der Waals surface area contributed by atoms with Crippen LogP contribution in [0.5, 0.6) is 0 Å². The monoisotopic (exact) mass is 286 g/mol. The van der Waals surface area contributed by atoms with E-state index in [2.05, 4.69) is 10.1 Å². The summed E-state index contributed by atoms with van der Waals surface area (Å²) in [5, 5.41) is 3.89. The summed E-state index contributed by atoms with van der Waals surface area (Å²) in [4.78, 5) is 18.2. The van der Waals surface area contributed by atoms with Crippen LogP contribution in [0.4, 0.5) is 0 Å². The van der Waals surface area contributed by atoms with E-state index in [1.165, 1.54) is 0 Å². The summed E-state index contributed by atoms with van der Waals surface area (Å²) < 4.78 is 5.25. The molecular formula is C15H18N4O2. The van der Waals surface area contributed by atoms with Crippen molar-refractivity contribution in [1.82, 2.24) is 15.0 Å². The average Bonchev–Trinajstić information content (AvgIpc) is 3.05. The summed E-state index contributed by atoms with van der Waals surface area (Å²) in [6.07, 6.45) is 5.28. The first kappa shape index (κ1) is 13.8. The number of nitrogens with zero attached hydrogens (tertiary/aromatic N) is 3. The molecule has 0 aromatic carbocycles. The first-order valence-electron chi connectivity index (χ1n) is 7.14. The molecule has 0 unspecified atom stereocenters. The van der Waals surface area contributed by atoms with E-state index in [9.17, 15) is 4.79 Å². The zero-order chi connectivity index (χ0) is 14.7. The summed E-state index contributed by atoms with van der Waals surface area (Å²) >= 11 is 0. The van der Waals surface area contributed by atoms with Crippen LogP contribution in [-0.2, 0) is 0 Å². The third-order valence-electron chi connectivity index (χ3n) is 3.91. The van der Waals surface area contributed by atoms with Gasteiger partial charge in [-0.05, 0) is 37.4 Å². The van der Waals surface area contributed by atoms with Gasteiger partial charge in [-0.3, -0.25) is 9.78 Å². The molecule has 3 heterocycles. The highest BCUT2D eigenvalue weighted by Gasteiger charge is 2.25. The van der Waals surface area contributed by atoms with Crippen molar-refractivity contribution in [3.05, 3.63) is 36.3 Å². The second-order valence-electron chi connectivity index (χ2n) is 5.29. The number of carbonyl (C=O) groups excluding carboxylic acids is 1. The Morgan fingerprint density at radius 1 is 1.43 bits per heavy atom. The van der Waals surface area contributed by atoms with Crippen LogP contribution in [0.15, 0.2) is 35.1 Å². The molecule has 1 fully saturated rings. The lowest BCUT2D eigenvalue weighted by molar-refractivity contribution is 0.0683. The van der Waals surface area contributed by atoms with Crippen LogP contribution < -0.4 is 5.73 Å². The Balaban J connectivity index is 1.70. The van der Waals surface area contributed by atoms with E-state index in [4.69, 9.17) is 10.3 Å².